The molecule has 16 heavy (non-hydrogen) atoms. The van der Waals surface area contributed by atoms with E-state index in [1.807, 2.05) is 0 Å². The molecule has 0 aromatic carbocycles. The van der Waals surface area contributed by atoms with Crippen molar-refractivity contribution in [2.24, 2.45) is 5.73 Å². The molecule has 3 N–H and O–H groups in total. The van der Waals surface area contributed by atoms with Crippen LogP contribution in [-0.2, 0) is 4.79 Å². The molecule has 1 saturated carbocycles. The molecule has 2 rings (SSSR count). The van der Waals surface area contributed by atoms with Gasteiger partial charge in [-0.3, -0.25) is 9.69 Å². The summed E-state index contributed by atoms with van der Waals surface area (Å²) in [6, 6.07) is 1.15. The molecule has 1 amide bonds. The third-order valence-electron chi connectivity index (χ3n) is 3.80. The van der Waals surface area contributed by atoms with Crippen LogP contribution in [0.4, 0.5) is 0 Å². The van der Waals surface area contributed by atoms with Crippen molar-refractivity contribution >= 4 is 5.91 Å². The summed E-state index contributed by atoms with van der Waals surface area (Å²) in [5.74, 6) is 0.112. The van der Waals surface area contributed by atoms with Crippen LogP contribution in [0.15, 0.2) is 0 Å². The topological polar surface area (TPSA) is 58.4 Å². The predicted octanol–water partition coefficient (Wildman–Crippen LogP) is 0.468. The lowest BCUT2D eigenvalue weighted by Crippen LogP contribution is -2.39. The first-order chi connectivity index (χ1) is 7.79. The third-order valence-corrected chi connectivity index (χ3v) is 3.80. The van der Waals surface area contributed by atoms with Crippen molar-refractivity contribution in [3.05, 3.63) is 0 Å². The maximum absolute atomic E-state index is 11.4. The SMILES string of the molecule is NCCC(=O)NC1CCN(C2CCCC2)C1. The number of amides is 1. The van der Waals surface area contributed by atoms with Crippen molar-refractivity contribution in [3.8, 4) is 0 Å². The first-order valence-corrected chi connectivity index (χ1v) is 6.53. The molecule has 1 atom stereocenters. The molecule has 4 nitrogen and oxygen atoms in total. The Morgan fingerprint density at radius 3 is 2.75 bits per heavy atom. The highest BCUT2D eigenvalue weighted by atomic mass is 16.1. The molecule has 0 radical (unpaired) electrons. The standard InChI is InChI=1S/C12H23N3O/c13-7-5-12(16)14-10-6-8-15(9-10)11-3-1-2-4-11/h10-11H,1-9,13H2,(H,14,16). The van der Waals surface area contributed by atoms with Crippen LogP contribution in [0.5, 0.6) is 0 Å². The van der Waals surface area contributed by atoms with Gasteiger partial charge in [0, 0.05) is 38.1 Å². The zero-order valence-corrected chi connectivity index (χ0v) is 9.95. The van der Waals surface area contributed by atoms with E-state index < -0.39 is 0 Å². The molecule has 1 saturated heterocycles. The Balaban J connectivity index is 1.72. The summed E-state index contributed by atoms with van der Waals surface area (Å²) in [5, 5.41) is 3.07. The highest BCUT2D eigenvalue weighted by molar-refractivity contribution is 5.76. The van der Waals surface area contributed by atoms with Crippen LogP contribution < -0.4 is 11.1 Å². The Hall–Kier alpha value is -0.610. The fourth-order valence-corrected chi connectivity index (χ4v) is 2.94. The van der Waals surface area contributed by atoms with Gasteiger partial charge in [0.25, 0.3) is 0 Å². The molecule has 0 aromatic rings. The van der Waals surface area contributed by atoms with Gasteiger partial charge in [0.2, 0.25) is 5.91 Å². The van der Waals surface area contributed by atoms with Crippen LogP contribution in [0.1, 0.15) is 38.5 Å². The van der Waals surface area contributed by atoms with E-state index >= 15 is 0 Å². The van der Waals surface area contributed by atoms with Crippen LogP contribution in [0, 0.1) is 0 Å². The highest BCUT2D eigenvalue weighted by Gasteiger charge is 2.30. The van der Waals surface area contributed by atoms with Gasteiger partial charge >= 0.3 is 0 Å². The van der Waals surface area contributed by atoms with Crippen LogP contribution in [-0.4, -0.2) is 42.5 Å². The van der Waals surface area contributed by atoms with E-state index in [-0.39, 0.29) is 5.91 Å². The number of rotatable bonds is 4. The van der Waals surface area contributed by atoms with E-state index in [2.05, 4.69) is 10.2 Å². The summed E-state index contributed by atoms with van der Waals surface area (Å²) in [4.78, 5) is 14.0. The molecule has 0 aromatic heterocycles. The quantitative estimate of drug-likeness (QED) is 0.731. The number of likely N-dealkylation sites (tertiary alicyclic amines) is 1. The fraction of sp³-hybridized carbons (Fsp3) is 0.917. The molecule has 1 unspecified atom stereocenters. The van der Waals surface area contributed by atoms with Crippen molar-refractivity contribution in [3.63, 3.8) is 0 Å². The van der Waals surface area contributed by atoms with Crippen molar-refractivity contribution in [2.45, 2.75) is 50.6 Å². The Morgan fingerprint density at radius 1 is 1.31 bits per heavy atom. The first-order valence-electron chi connectivity index (χ1n) is 6.53. The summed E-state index contributed by atoms with van der Waals surface area (Å²) >= 11 is 0. The van der Waals surface area contributed by atoms with Gasteiger partial charge in [-0.2, -0.15) is 0 Å². The Kier molecular flexibility index (Phi) is 4.18. The molecule has 0 spiro atoms. The van der Waals surface area contributed by atoms with Gasteiger partial charge in [-0.1, -0.05) is 12.8 Å². The fourth-order valence-electron chi connectivity index (χ4n) is 2.94. The zero-order chi connectivity index (χ0) is 11.4. The van der Waals surface area contributed by atoms with Crippen LogP contribution >= 0.6 is 0 Å². The van der Waals surface area contributed by atoms with Crippen molar-refractivity contribution in [1.29, 1.82) is 0 Å². The van der Waals surface area contributed by atoms with E-state index in [0.29, 0.717) is 19.0 Å². The van der Waals surface area contributed by atoms with E-state index in [1.165, 1.54) is 25.7 Å². The first kappa shape index (κ1) is 11.9. The number of carbonyl (C=O) groups is 1. The minimum absolute atomic E-state index is 0.112. The number of nitrogens with zero attached hydrogens (tertiary/aromatic N) is 1. The highest BCUT2D eigenvalue weighted by Crippen LogP contribution is 2.26. The van der Waals surface area contributed by atoms with E-state index in [1.54, 1.807) is 0 Å². The van der Waals surface area contributed by atoms with Crippen LogP contribution in [0.25, 0.3) is 0 Å². The normalized spacial score (nSPS) is 27.4. The monoisotopic (exact) mass is 225 g/mol. The summed E-state index contributed by atoms with van der Waals surface area (Å²) in [7, 11) is 0. The number of hydrogen-bond acceptors (Lipinski definition) is 3. The molecule has 1 heterocycles. The van der Waals surface area contributed by atoms with Crippen molar-refractivity contribution in [1.82, 2.24) is 10.2 Å². The van der Waals surface area contributed by atoms with Gasteiger partial charge < -0.3 is 11.1 Å². The van der Waals surface area contributed by atoms with Gasteiger partial charge in [0.1, 0.15) is 0 Å². The largest absolute Gasteiger partial charge is 0.352 e. The van der Waals surface area contributed by atoms with Gasteiger partial charge in [0.15, 0.2) is 0 Å². The van der Waals surface area contributed by atoms with Crippen LogP contribution in [0.3, 0.4) is 0 Å². The number of hydrogen-bond donors (Lipinski definition) is 2. The van der Waals surface area contributed by atoms with Crippen molar-refractivity contribution < 1.29 is 4.79 Å². The summed E-state index contributed by atoms with van der Waals surface area (Å²) < 4.78 is 0. The maximum atomic E-state index is 11.4. The minimum Gasteiger partial charge on any atom is -0.352 e. The Labute approximate surface area is 97.6 Å². The molecule has 1 aliphatic carbocycles. The molecule has 92 valence electrons. The van der Waals surface area contributed by atoms with E-state index in [0.717, 1.165) is 25.6 Å². The Morgan fingerprint density at radius 2 is 2.06 bits per heavy atom. The summed E-state index contributed by atoms with van der Waals surface area (Å²) in [5.41, 5.74) is 5.36. The lowest BCUT2D eigenvalue weighted by atomic mass is 10.2. The molecule has 0 bridgehead atoms. The van der Waals surface area contributed by atoms with E-state index in [4.69, 9.17) is 5.73 Å². The molecular weight excluding hydrogens is 202 g/mol. The average Bonchev–Trinajstić information content (AvgIpc) is 2.86. The molecular formula is C12H23N3O. The summed E-state index contributed by atoms with van der Waals surface area (Å²) in [6.45, 7) is 2.64. The van der Waals surface area contributed by atoms with Gasteiger partial charge in [-0.25, -0.2) is 0 Å². The third kappa shape index (κ3) is 2.95. The second-order valence-electron chi connectivity index (χ2n) is 5.03. The molecule has 2 aliphatic rings. The van der Waals surface area contributed by atoms with Gasteiger partial charge in [-0.05, 0) is 19.3 Å². The second kappa shape index (κ2) is 5.64. The average molecular weight is 225 g/mol. The van der Waals surface area contributed by atoms with E-state index in [9.17, 15) is 4.79 Å². The smallest absolute Gasteiger partial charge is 0.221 e. The van der Waals surface area contributed by atoms with Gasteiger partial charge in [0.05, 0.1) is 0 Å². The summed E-state index contributed by atoms with van der Waals surface area (Å²) in [6.07, 6.45) is 7.02. The molecule has 4 heteroatoms. The second-order valence-corrected chi connectivity index (χ2v) is 5.03. The number of carbonyl (C=O) groups excluding carboxylic acids is 1. The minimum atomic E-state index is 0.112. The predicted molar refractivity (Wildman–Crippen MR) is 64.0 cm³/mol. The van der Waals surface area contributed by atoms with Gasteiger partial charge in [-0.15, -0.1) is 0 Å². The maximum Gasteiger partial charge on any atom is 0.221 e. The molecule has 2 fully saturated rings. The number of nitrogens with one attached hydrogen (secondary N) is 1. The number of nitrogens with two attached hydrogens (primary N) is 1. The van der Waals surface area contributed by atoms with Crippen LogP contribution in [0.2, 0.25) is 0 Å². The van der Waals surface area contributed by atoms with Crippen molar-refractivity contribution in [2.75, 3.05) is 19.6 Å². The zero-order valence-electron chi connectivity index (χ0n) is 9.95. The lowest BCUT2D eigenvalue weighted by molar-refractivity contribution is -0.121. The Bertz CT molecular complexity index is 238. The lowest BCUT2D eigenvalue weighted by Gasteiger charge is -2.23. The molecule has 1 aliphatic heterocycles.